The van der Waals surface area contributed by atoms with Crippen LogP contribution in [0.25, 0.3) is 10.9 Å². The van der Waals surface area contributed by atoms with Gasteiger partial charge >= 0.3 is 0 Å². The highest BCUT2D eigenvalue weighted by molar-refractivity contribution is 8.00. The van der Waals surface area contributed by atoms with E-state index in [9.17, 15) is 0 Å². The molecule has 1 aromatic carbocycles. The average Bonchev–Trinajstić information content (AvgIpc) is 2.59. The number of benzene rings is 1. The molecule has 0 unspecified atom stereocenters. The number of aromatic nitrogens is 2. The molecule has 3 rings (SSSR count). The normalized spacial score (nSPS) is 19.0. The third kappa shape index (κ3) is 2.68. The second-order valence-electron chi connectivity index (χ2n) is 5.82. The smallest absolute Gasteiger partial charge is 0.139 e. The lowest BCUT2D eigenvalue weighted by molar-refractivity contribution is 0.636. The van der Waals surface area contributed by atoms with Crippen LogP contribution in [-0.2, 0) is 0 Å². The van der Waals surface area contributed by atoms with Gasteiger partial charge in [0.1, 0.15) is 12.1 Å². The fourth-order valence-electron chi connectivity index (χ4n) is 2.54. The Morgan fingerprint density at radius 3 is 2.95 bits per heavy atom. The molecule has 106 valence electrons. The Balaban J connectivity index is 1.97. The van der Waals surface area contributed by atoms with Crippen LogP contribution >= 0.6 is 11.8 Å². The molecule has 0 aliphatic carbocycles. The first-order chi connectivity index (χ1) is 9.55. The Labute approximate surface area is 123 Å². The molecule has 1 saturated heterocycles. The molecule has 4 nitrogen and oxygen atoms in total. The fourth-order valence-corrected chi connectivity index (χ4v) is 3.64. The van der Waals surface area contributed by atoms with Gasteiger partial charge in [0.15, 0.2) is 0 Å². The van der Waals surface area contributed by atoms with Gasteiger partial charge in [-0.25, -0.2) is 9.97 Å². The van der Waals surface area contributed by atoms with Crippen LogP contribution in [0.1, 0.15) is 20.3 Å². The lowest BCUT2D eigenvalue weighted by Gasteiger charge is -2.24. The van der Waals surface area contributed by atoms with Crippen LogP contribution in [0, 0.1) is 0 Å². The summed E-state index contributed by atoms with van der Waals surface area (Å²) in [4.78, 5) is 11.2. The zero-order valence-electron chi connectivity index (χ0n) is 12.0. The topological polar surface area (TPSA) is 55.0 Å². The zero-order valence-corrected chi connectivity index (χ0v) is 12.8. The van der Waals surface area contributed by atoms with E-state index in [2.05, 4.69) is 28.7 Å². The Morgan fingerprint density at radius 2 is 2.10 bits per heavy atom. The molecule has 5 heteroatoms. The largest absolute Gasteiger partial charge is 0.399 e. The number of rotatable bonds is 1. The Bertz CT molecular complexity index is 626. The number of nitrogen functional groups attached to an aromatic ring is 1. The van der Waals surface area contributed by atoms with Gasteiger partial charge in [-0.3, -0.25) is 0 Å². The number of hydrogen-bond donors (Lipinski definition) is 1. The predicted molar refractivity (Wildman–Crippen MR) is 87.3 cm³/mol. The summed E-state index contributed by atoms with van der Waals surface area (Å²) in [5, 5.41) is 1.09. The van der Waals surface area contributed by atoms with Gasteiger partial charge in [0, 0.05) is 34.7 Å². The van der Waals surface area contributed by atoms with Crippen LogP contribution in [0.5, 0.6) is 0 Å². The quantitative estimate of drug-likeness (QED) is 0.818. The molecule has 0 bridgehead atoms. The standard InChI is InChI=1S/C15H20N4S/c1-15(2)5-6-19(7-8-20-15)14-12-4-3-11(16)9-13(12)17-10-18-14/h3-4,9-10H,5-8,16H2,1-2H3. The maximum absolute atomic E-state index is 5.84. The Morgan fingerprint density at radius 1 is 1.25 bits per heavy atom. The van der Waals surface area contributed by atoms with Crippen molar-refractivity contribution in [2.45, 2.75) is 25.0 Å². The van der Waals surface area contributed by atoms with Crippen molar-refractivity contribution in [1.82, 2.24) is 9.97 Å². The van der Waals surface area contributed by atoms with Gasteiger partial charge in [-0.15, -0.1) is 0 Å². The van der Waals surface area contributed by atoms with E-state index >= 15 is 0 Å². The molecule has 2 N–H and O–H groups in total. The second-order valence-corrected chi connectivity index (χ2v) is 7.62. The molecule has 2 aromatic rings. The molecular weight excluding hydrogens is 268 g/mol. The molecule has 1 aliphatic heterocycles. The van der Waals surface area contributed by atoms with Crippen LogP contribution in [0.15, 0.2) is 24.5 Å². The Kier molecular flexibility index (Phi) is 3.46. The van der Waals surface area contributed by atoms with Crippen molar-refractivity contribution < 1.29 is 0 Å². The first-order valence-electron chi connectivity index (χ1n) is 6.94. The molecule has 0 amide bonds. The fraction of sp³-hybridized carbons (Fsp3) is 0.467. The van der Waals surface area contributed by atoms with E-state index < -0.39 is 0 Å². The summed E-state index contributed by atoms with van der Waals surface area (Å²) in [5.41, 5.74) is 7.50. The van der Waals surface area contributed by atoms with E-state index in [1.807, 2.05) is 30.0 Å². The minimum Gasteiger partial charge on any atom is -0.399 e. The van der Waals surface area contributed by atoms with Crippen LogP contribution in [-0.4, -0.2) is 33.6 Å². The summed E-state index contributed by atoms with van der Waals surface area (Å²) in [6, 6.07) is 5.87. The maximum Gasteiger partial charge on any atom is 0.139 e. The number of thioether (sulfide) groups is 1. The van der Waals surface area contributed by atoms with Crippen molar-refractivity contribution in [3.63, 3.8) is 0 Å². The lowest BCUT2D eigenvalue weighted by atomic mass is 10.1. The minimum atomic E-state index is 0.349. The monoisotopic (exact) mass is 288 g/mol. The van der Waals surface area contributed by atoms with Crippen molar-refractivity contribution in [1.29, 1.82) is 0 Å². The summed E-state index contributed by atoms with van der Waals surface area (Å²) in [6.45, 7) is 6.71. The molecule has 0 radical (unpaired) electrons. The Hall–Kier alpha value is -1.49. The van der Waals surface area contributed by atoms with Gasteiger partial charge in [0.25, 0.3) is 0 Å². The highest BCUT2D eigenvalue weighted by Crippen LogP contribution is 2.33. The molecule has 2 heterocycles. The highest BCUT2D eigenvalue weighted by Gasteiger charge is 2.25. The molecular formula is C15H20N4S. The van der Waals surface area contributed by atoms with Crippen molar-refractivity contribution in [3.05, 3.63) is 24.5 Å². The van der Waals surface area contributed by atoms with Gasteiger partial charge in [-0.2, -0.15) is 11.8 Å². The van der Waals surface area contributed by atoms with E-state index in [0.717, 1.165) is 47.7 Å². The molecule has 1 fully saturated rings. The summed E-state index contributed by atoms with van der Waals surface area (Å²) in [5.74, 6) is 2.17. The van der Waals surface area contributed by atoms with E-state index in [0.29, 0.717) is 4.75 Å². The summed E-state index contributed by atoms with van der Waals surface area (Å²) >= 11 is 2.04. The summed E-state index contributed by atoms with van der Waals surface area (Å²) in [7, 11) is 0. The van der Waals surface area contributed by atoms with Crippen LogP contribution < -0.4 is 10.6 Å². The summed E-state index contributed by atoms with van der Waals surface area (Å²) < 4.78 is 0.349. The van der Waals surface area contributed by atoms with Gasteiger partial charge in [-0.1, -0.05) is 13.8 Å². The van der Waals surface area contributed by atoms with E-state index in [1.165, 1.54) is 0 Å². The van der Waals surface area contributed by atoms with Gasteiger partial charge < -0.3 is 10.6 Å². The van der Waals surface area contributed by atoms with Gasteiger partial charge in [-0.05, 0) is 24.6 Å². The van der Waals surface area contributed by atoms with Crippen LogP contribution in [0.3, 0.4) is 0 Å². The van der Waals surface area contributed by atoms with Crippen molar-refractivity contribution in [2.24, 2.45) is 0 Å². The first-order valence-corrected chi connectivity index (χ1v) is 7.93. The minimum absolute atomic E-state index is 0.349. The van der Waals surface area contributed by atoms with Gasteiger partial charge in [0.05, 0.1) is 5.52 Å². The van der Waals surface area contributed by atoms with Crippen LogP contribution in [0.2, 0.25) is 0 Å². The SMILES string of the molecule is CC1(C)CCN(c2ncnc3cc(N)ccc23)CCS1. The molecule has 20 heavy (non-hydrogen) atoms. The van der Waals surface area contributed by atoms with E-state index in [1.54, 1.807) is 6.33 Å². The third-order valence-electron chi connectivity index (χ3n) is 3.78. The molecule has 0 atom stereocenters. The van der Waals surface area contributed by atoms with Gasteiger partial charge in [0.2, 0.25) is 0 Å². The average molecular weight is 288 g/mol. The van der Waals surface area contributed by atoms with Crippen molar-refractivity contribution in [3.8, 4) is 0 Å². The molecule has 0 spiro atoms. The second kappa shape index (κ2) is 5.13. The number of nitrogens with zero attached hydrogens (tertiary/aromatic N) is 3. The summed E-state index contributed by atoms with van der Waals surface area (Å²) in [6.07, 6.45) is 2.80. The molecule has 0 saturated carbocycles. The number of fused-ring (bicyclic) bond motifs is 1. The highest BCUT2D eigenvalue weighted by atomic mass is 32.2. The third-order valence-corrected chi connectivity index (χ3v) is 5.15. The zero-order chi connectivity index (χ0) is 14.2. The molecule has 1 aliphatic rings. The van der Waals surface area contributed by atoms with E-state index in [-0.39, 0.29) is 0 Å². The van der Waals surface area contributed by atoms with Crippen molar-refractivity contribution >= 4 is 34.2 Å². The number of nitrogens with two attached hydrogens (primary N) is 1. The first kappa shape index (κ1) is 13.5. The number of hydrogen-bond acceptors (Lipinski definition) is 5. The predicted octanol–water partition coefficient (Wildman–Crippen LogP) is 2.93. The maximum atomic E-state index is 5.84. The lowest BCUT2D eigenvalue weighted by Crippen LogP contribution is -2.28. The molecule has 1 aromatic heterocycles. The number of anilines is 2. The van der Waals surface area contributed by atoms with Crippen LogP contribution in [0.4, 0.5) is 11.5 Å². The van der Waals surface area contributed by atoms with E-state index in [4.69, 9.17) is 5.73 Å². The van der Waals surface area contributed by atoms with Crippen molar-refractivity contribution in [2.75, 3.05) is 29.5 Å².